The highest BCUT2D eigenvalue weighted by molar-refractivity contribution is 5.97. The third kappa shape index (κ3) is 1.43. The summed E-state index contributed by atoms with van der Waals surface area (Å²) >= 11 is 0. The van der Waals surface area contributed by atoms with E-state index in [1.54, 1.807) is 0 Å². The number of aryl methyl sites for hydroxylation is 2. The van der Waals surface area contributed by atoms with Gasteiger partial charge in [-0.15, -0.1) is 0 Å². The molecule has 0 bridgehead atoms. The summed E-state index contributed by atoms with van der Waals surface area (Å²) in [6, 6.07) is 3.99. The van der Waals surface area contributed by atoms with Crippen LogP contribution >= 0.6 is 0 Å². The molecule has 1 aliphatic carbocycles. The van der Waals surface area contributed by atoms with Crippen molar-refractivity contribution in [1.82, 2.24) is 0 Å². The van der Waals surface area contributed by atoms with E-state index in [0.717, 1.165) is 24.0 Å². The normalized spacial score (nSPS) is 13.8. The van der Waals surface area contributed by atoms with Gasteiger partial charge in [0, 0.05) is 5.56 Å². The Balaban J connectivity index is 2.66. The number of primary amides is 1. The van der Waals surface area contributed by atoms with Gasteiger partial charge in [0.15, 0.2) is 0 Å². The lowest BCUT2D eigenvalue weighted by atomic mass is 9.91. The number of amides is 1. The molecule has 1 aromatic carbocycles. The maximum Gasteiger partial charge on any atom is 0.249 e. The van der Waals surface area contributed by atoms with E-state index in [1.807, 2.05) is 19.1 Å². The molecular formula is C12H13NO. The molecule has 14 heavy (non-hydrogen) atoms. The standard InChI is InChI=1S/C12H13NO/c1-8-6-9-4-2-3-5-10(9)11(7-8)12(13)14/h3,5-7H,2,4H2,1H3,(H2,13,14). The first-order valence-electron chi connectivity index (χ1n) is 4.78. The van der Waals surface area contributed by atoms with Crippen LogP contribution in [0.4, 0.5) is 0 Å². The number of hydrogen-bond donors (Lipinski definition) is 1. The number of carbonyl (C=O) groups excluding carboxylic acids is 1. The number of fused-ring (bicyclic) bond motifs is 1. The Morgan fingerprint density at radius 2 is 2.21 bits per heavy atom. The predicted molar refractivity (Wildman–Crippen MR) is 57.1 cm³/mol. The van der Waals surface area contributed by atoms with Crippen LogP contribution in [0.2, 0.25) is 0 Å². The van der Waals surface area contributed by atoms with Gasteiger partial charge in [0.2, 0.25) is 5.91 Å². The third-order valence-corrected chi connectivity index (χ3v) is 2.54. The molecule has 0 aromatic heterocycles. The molecule has 0 aliphatic heterocycles. The monoisotopic (exact) mass is 187 g/mol. The quantitative estimate of drug-likeness (QED) is 0.718. The summed E-state index contributed by atoms with van der Waals surface area (Å²) in [5.74, 6) is -0.337. The van der Waals surface area contributed by atoms with Crippen molar-refractivity contribution in [3.63, 3.8) is 0 Å². The lowest BCUT2D eigenvalue weighted by molar-refractivity contribution is 0.1000. The highest BCUT2D eigenvalue weighted by atomic mass is 16.1. The Morgan fingerprint density at radius 1 is 1.43 bits per heavy atom. The smallest absolute Gasteiger partial charge is 0.249 e. The van der Waals surface area contributed by atoms with Gasteiger partial charge in [-0.1, -0.05) is 23.8 Å². The number of benzene rings is 1. The van der Waals surface area contributed by atoms with Crippen LogP contribution in [0.3, 0.4) is 0 Å². The van der Waals surface area contributed by atoms with E-state index in [1.165, 1.54) is 5.56 Å². The van der Waals surface area contributed by atoms with Gasteiger partial charge in [-0.05, 0) is 37.0 Å². The Labute approximate surface area is 83.4 Å². The summed E-state index contributed by atoms with van der Waals surface area (Å²) in [6.45, 7) is 1.99. The number of carbonyl (C=O) groups is 1. The number of allylic oxidation sites excluding steroid dienone is 1. The molecule has 0 unspecified atom stereocenters. The molecule has 2 rings (SSSR count). The fourth-order valence-corrected chi connectivity index (χ4v) is 1.92. The van der Waals surface area contributed by atoms with E-state index < -0.39 is 0 Å². The van der Waals surface area contributed by atoms with Crippen molar-refractivity contribution in [3.8, 4) is 0 Å². The fourth-order valence-electron chi connectivity index (χ4n) is 1.92. The molecule has 0 saturated heterocycles. The Hall–Kier alpha value is -1.57. The second-order valence-corrected chi connectivity index (χ2v) is 3.69. The molecule has 0 radical (unpaired) electrons. The van der Waals surface area contributed by atoms with Crippen LogP contribution in [0.15, 0.2) is 18.2 Å². The first kappa shape index (κ1) is 9.00. The average Bonchev–Trinajstić information content (AvgIpc) is 2.16. The summed E-state index contributed by atoms with van der Waals surface area (Å²) < 4.78 is 0. The minimum atomic E-state index is -0.337. The topological polar surface area (TPSA) is 43.1 Å². The van der Waals surface area contributed by atoms with Crippen molar-refractivity contribution in [2.75, 3.05) is 0 Å². The van der Waals surface area contributed by atoms with Crippen LogP contribution < -0.4 is 5.73 Å². The van der Waals surface area contributed by atoms with Gasteiger partial charge in [0.05, 0.1) is 0 Å². The Bertz CT molecular complexity index is 419. The van der Waals surface area contributed by atoms with Crippen molar-refractivity contribution >= 4 is 12.0 Å². The average molecular weight is 187 g/mol. The van der Waals surface area contributed by atoms with Gasteiger partial charge in [0.1, 0.15) is 0 Å². The number of nitrogens with two attached hydrogens (primary N) is 1. The van der Waals surface area contributed by atoms with Gasteiger partial charge in [-0.2, -0.15) is 0 Å². The minimum absolute atomic E-state index is 0.337. The molecule has 0 saturated carbocycles. The number of rotatable bonds is 1. The second-order valence-electron chi connectivity index (χ2n) is 3.69. The molecule has 72 valence electrons. The zero-order valence-electron chi connectivity index (χ0n) is 8.21. The van der Waals surface area contributed by atoms with Gasteiger partial charge in [-0.25, -0.2) is 0 Å². The molecule has 1 aliphatic rings. The van der Waals surface area contributed by atoms with E-state index in [9.17, 15) is 4.79 Å². The summed E-state index contributed by atoms with van der Waals surface area (Å²) in [4.78, 5) is 11.2. The maximum absolute atomic E-state index is 11.2. The molecule has 1 amide bonds. The van der Waals surface area contributed by atoms with Crippen LogP contribution in [0.5, 0.6) is 0 Å². The van der Waals surface area contributed by atoms with Crippen LogP contribution in [0.1, 0.15) is 33.5 Å². The predicted octanol–water partition coefficient (Wildman–Crippen LogP) is 2.05. The summed E-state index contributed by atoms with van der Waals surface area (Å²) in [5, 5.41) is 0. The van der Waals surface area contributed by atoms with Crippen LogP contribution in [0, 0.1) is 6.92 Å². The van der Waals surface area contributed by atoms with Crippen molar-refractivity contribution in [1.29, 1.82) is 0 Å². The van der Waals surface area contributed by atoms with Crippen LogP contribution in [-0.2, 0) is 6.42 Å². The number of hydrogen-bond acceptors (Lipinski definition) is 1. The van der Waals surface area contributed by atoms with Gasteiger partial charge < -0.3 is 5.73 Å². The lowest BCUT2D eigenvalue weighted by Crippen LogP contribution is -2.15. The van der Waals surface area contributed by atoms with Crippen molar-refractivity contribution in [3.05, 3.63) is 40.5 Å². The molecule has 0 fully saturated rings. The second kappa shape index (κ2) is 3.29. The van der Waals surface area contributed by atoms with E-state index >= 15 is 0 Å². The van der Waals surface area contributed by atoms with Crippen molar-refractivity contribution < 1.29 is 4.79 Å². The highest BCUT2D eigenvalue weighted by Gasteiger charge is 2.13. The Morgan fingerprint density at radius 3 is 2.93 bits per heavy atom. The minimum Gasteiger partial charge on any atom is -0.366 e. The summed E-state index contributed by atoms with van der Waals surface area (Å²) in [5.41, 5.74) is 9.33. The van der Waals surface area contributed by atoms with Crippen molar-refractivity contribution in [2.45, 2.75) is 19.8 Å². The zero-order chi connectivity index (χ0) is 10.1. The molecule has 0 atom stereocenters. The molecule has 1 aromatic rings. The first-order valence-corrected chi connectivity index (χ1v) is 4.78. The van der Waals surface area contributed by atoms with Crippen LogP contribution in [-0.4, -0.2) is 5.91 Å². The fraction of sp³-hybridized carbons (Fsp3) is 0.250. The van der Waals surface area contributed by atoms with E-state index in [0.29, 0.717) is 5.56 Å². The molecule has 2 N–H and O–H groups in total. The van der Waals surface area contributed by atoms with E-state index in [4.69, 9.17) is 5.73 Å². The van der Waals surface area contributed by atoms with E-state index in [-0.39, 0.29) is 5.91 Å². The highest BCUT2D eigenvalue weighted by Crippen LogP contribution is 2.24. The SMILES string of the molecule is Cc1cc2c(c(C(N)=O)c1)C=CCC2. The van der Waals surface area contributed by atoms with Gasteiger partial charge >= 0.3 is 0 Å². The van der Waals surface area contributed by atoms with Crippen LogP contribution in [0.25, 0.3) is 6.08 Å². The molecule has 0 spiro atoms. The molecule has 2 nitrogen and oxygen atoms in total. The molecule has 2 heteroatoms. The summed E-state index contributed by atoms with van der Waals surface area (Å²) in [6.07, 6.45) is 6.14. The molecular weight excluding hydrogens is 174 g/mol. The van der Waals surface area contributed by atoms with Gasteiger partial charge in [0.25, 0.3) is 0 Å². The zero-order valence-corrected chi connectivity index (χ0v) is 8.21. The third-order valence-electron chi connectivity index (χ3n) is 2.54. The van der Waals surface area contributed by atoms with Gasteiger partial charge in [-0.3, -0.25) is 4.79 Å². The van der Waals surface area contributed by atoms with Crippen molar-refractivity contribution in [2.24, 2.45) is 5.73 Å². The molecule has 0 heterocycles. The maximum atomic E-state index is 11.2. The lowest BCUT2D eigenvalue weighted by Gasteiger charge is -2.14. The van der Waals surface area contributed by atoms with E-state index in [2.05, 4.69) is 12.1 Å². The summed E-state index contributed by atoms with van der Waals surface area (Å²) in [7, 11) is 0. The first-order chi connectivity index (χ1) is 6.68. The Kier molecular flexibility index (Phi) is 2.12. The largest absolute Gasteiger partial charge is 0.366 e.